The van der Waals surface area contributed by atoms with E-state index in [9.17, 15) is 0 Å². The van der Waals surface area contributed by atoms with Gasteiger partial charge in [-0.25, -0.2) is 0 Å². The van der Waals surface area contributed by atoms with E-state index >= 15 is 0 Å². The topological polar surface area (TPSA) is 18.5 Å². The first-order valence-corrected chi connectivity index (χ1v) is 7.56. The first-order valence-electron chi connectivity index (χ1n) is 7.56. The molecule has 0 amide bonds. The van der Waals surface area contributed by atoms with Crippen molar-refractivity contribution in [3.8, 4) is 0 Å². The first kappa shape index (κ1) is 17.0. The summed E-state index contributed by atoms with van der Waals surface area (Å²) >= 11 is 0. The van der Waals surface area contributed by atoms with E-state index < -0.39 is 0 Å². The van der Waals surface area contributed by atoms with Crippen molar-refractivity contribution in [2.24, 2.45) is 5.92 Å². The standard InChI is InChI=1S/C17H31N3/c1-14(2)12-18-13-16-11-15(3)7-8-17(16)20(6)10-9-19(4)5/h7-8,11,14,18H,9-10,12-13H2,1-6H3. The lowest BCUT2D eigenvalue weighted by Crippen LogP contribution is -2.30. The van der Waals surface area contributed by atoms with Crippen LogP contribution in [0.15, 0.2) is 18.2 Å². The monoisotopic (exact) mass is 277 g/mol. The number of aryl methyl sites for hydroxylation is 1. The predicted octanol–water partition coefficient (Wildman–Crippen LogP) is 2.74. The summed E-state index contributed by atoms with van der Waals surface area (Å²) in [7, 11) is 6.42. The maximum atomic E-state index is 3.55. The quantitative estimate of drug-likeness (QED) is 0.788. The summed E-state index contributed by atoms with van der Waals surface area (Å²) in [6.45, 7) is 10.8. The first-order chi connectivity index (χ1) is 9.40. The van der Waals surface area contributed by atoms with Crippen LogP contribution in [0.5, 0.6) is 0 Å². The van der Waals surface area contributed by atoms with Gasteiger partial charge in [0.2, 0.25) is 0 Å². The average molecular weight is 277 g/mol. The molecule has 0 saturated heterocycles. The third-order valence-corrected chi connectivity index (χ3v) is 3.40. The highest BCUT2D eigenvalue weighted by atomic mass is 15.2. The molecule has 3 nitrogen and oxygen atoms in total. The van der Waals surface area contributed by atoms with Crippen LogP contribution in [0.1, 0.15) is 25.0 Å². The van der Waals surface area contributed by atoms with Crippen LogP contribution in [0.25, 0.3) is 0 Å². The van der Waals surface area contributed by atoms with Gasteiger partial charge < -0.3 is 15.1 Å². The fourth-order valence-electron chi connectivity index (χ4n) is 2.19. The third kappa shape index (κ3) is 5.93. The van der Waals surface area contributed by atoms with Gasteiger partial charge in [0.1, 0.15) is 0 Å². The predicted molar refractivity (Wildman–Crippen MR) is 89.5 cm³/mol. The molecule has 0 aliphatic carbocycles. The number of hydrogen-bond donors (Lipinski definition) is 1. The highest BCUT2D eigenvalue weighted by Gasteiger charge is 2.08. The molecule has 0 unspecified atom stereocenters. The summed E-state index contributed by atoms with van der Waals surface area (Å²) in [4.78, 5) is 4.58. The van der Waals surface area contributed by atoms with Gasteiger partial charge in [0.25, 0.3) is 0 Å². The van der Waals surface area contributed by atoms with E-state index in [0.29, 0.717) is 5.92 Å². The Balaban J connectivity index is 2.73. The van der Waals surface area contributed by atoms with Crippen LogP contribution in [0, 0.1) is 12.8 Å². The van der Waals surface area contributed by atoms with Crippen molar-refractivity contribution >= 4 is 5.69 Å². The number of nitrogens with one attached hydrogen (secondary N) is 1. The van der Waals surface area contributed by atoms with Crippen molar-refractivity contribution in [3.05, 3.63) is 29.3 Å². The zero-order valence-electron chi connectivity index (χ0n) is 14.0. The Morgan fingerprint density at radius 1 is 1.10 bits per heavy atom. The van der Waals surface area contributed by atoms with Crippen LogP contribution >= 0.6 is 0 Å². The lowest BCUT2D eigenvalue weighted by Gasteiger charge is -2.25. The summed E-state index contributed by atoms with van der Waals surface area (Å²) in [5.41, 5.74) is 4.07. The van der Waals surface area contributed by atoms with Gasteiger partial charge in [-0.1, -0.05) is 31.5 Å². The Bertz CT molecular complexity index is 399. The number of benzene rings is 1. The van der Waals surface area contributed by atoms with Crippen molar-refractivity contribution in [1.82, 2.24) is 10.2 Å². The molecule has 0 atom stereocenters. The molecular weight excluding hydrogens is 246 g/mol. The fraction of sp³-hybridized carbons (Fsp3) is 0.647. The van der Waals surface area contributed by atoms with E-state index in [1.807, 2.05) is 0 Å². The second-order valence-corrected chi connectivity index (χ2v) is 6.38. The van der Waals surface area contributed by atoms with Crippen molar-refractivity contribution in [1.29, 1.82) is 0 Å². The molecule has 1 aromatic carbocycles. The van der Waals surface area contributed by atoms with Gasteiger partial charge in [0.15, 0.2) is 0 Å². The Morgan fingerprint density at radius 3 is 2.40 bits per heavy atom. The van der Waals surface area contributed by atoms with Gasteiger partial charge in [-0.15, -0.1) is 0 Å². The molecule has 0 fully saturated rings. The van der Waals surface area contributed by atoms with Crippen molar-refractivity contribution < 1.29 is 0 Å². The van der Waals surface area contributed by atoms with Crippen molar-refractivity contribution in [3.63, 3.8) is 0 Å². The second kappa shape index (κ2) is 8.28. The van der Waals surface area contributed by atoms with Crippen LogP contribution in [0.2, 0.25) is 0 Å². The minimum Gasteiger partial charge on any atom is -0.373 e. The maximum absolute atomic E-state index is 3.55. The maximum Gasteiger partial charge on any atom is 0.0409 e. The van der Waals surface area contributed by atoms with E-state index in [1.54, 1.807) is 0 Å². The van der Waals surface area contributed by atoms with Crippen molar-refractivity contribution in [2.75, 3.05) is 45.7 Å². The molecule has 3 heteroatoms. The zero-order chi connectivity index (χ0) is 15.1. The van der Waals surface area contributed by atoms with Gasteiger partial charge in [-0.2, -0.15) is 0 Å². The van der Waals surface area contributed by atoms with E-state index in [1.165, 1.54) is 16.8 Å². The molecule has 0 aromatic heterocycles. The minimum atomic E-state index is 0.690. The highest BCUT2D eigenvalue weighted by Crippen LogP contribution is 2.21. The number of nitrogens with zero attached hydrogens (tertiary/aromatic N) is 2. The van der Waals surface area contributed by atoms with Gasteiger partial charge >= 0.3 is 0 Å². The molecule has 114 valence electrons. The normalized spacial score (nSPS) is 11.4. The Morgan fingerprint density at radius 2 is 1.80 bits per heavy atom. The average Bonchev–Trinajstić information content (AvgIpc) is 2.35. The minimum absolute atomic E-state index is 0.690. The number of likely N-dealkylation sites (N-methyl/N-ethyl adjacent to an activating group) is 2. The number of anilines is 1. The fourth-order valence-corrected chi connectivity index (χ4v) is 2.19. The molecule has 0 spiro atoms. The van der Waals surface area contributed by atoms with Gasteiger partial charge in [0.05, 0.1) is 0 Å². The largest absolute Gasteiger partial charge is 0.373 e. The van der Waals surface area contributed by atoms with E-state index in [-0.39, 0.29) is 0 Å². The highest BCUT2D eigenvalue weighted by molar-refractivity contribution is 5.54. The molecule has 1 N–H and O–H groups in total. The summed E-state index contributed by atoms with van der Waals surface area (Å²) in [6.07, 6.45) is 0. The third-order valence-electron chi connectivity index (χ3n) is 3.40. The van der Waals surface area contributed by atoms with Gasteiger partial charge in [-0.3, -0.25) is 0 Å². The van der Waals surface area contributed by atoms with Crippen molar-refractivity contribution in [2.45, 2.75) is 27.3 Å². The SMILES string of the molecule is Cc1ccc(N(C)CCN(C)C)c(CNCC(C)C)c1. The number of hydrogen-bond acceptors (Lipinski definition) is 3. The summed E-state index contributed by atoms with van der Waals surface area (Å²) in [6, 6.07) is 6.75. The molecule has 0 heterocycles. The molecule has 0 saturated carbocycles. The van der Waals surface area contributed by atoms with E-state index in [4.69, 9.17) is 0 Å². The lowest BCUT2D eigenvalue weighted by atomic mass is 10.1. The van der Waals surface area contributed by atoms with Gasteiger partial charge in [0, 0.05) is 32.4 Å². The molecule has 0 aliphatic heterocycles. The molecule has 20 heavy (non-hydrogen) atoms. The molecule has 1 rings (SSSR count). The second-order valence-electron chi connectivity index (χ2n) is 6.38. The summed E-state index contributed by atoms with van der Waals surface area (Å²) in [5, 5.41) is 3.55. The van der Waals surface area contributed by atoms with Crippen LogP contribution in [0.3, 0.4) is 0 Å². The number of rotatable bonds is 8. The molecular formula is C17H31N3. The summed E-state index contributed by atoms with van der Waals surface area (Å²) < 4.78 is 0. The van der Waals surface area contributed by atoms with Crippen LogP contribution < -0.4 is 10.2 Å². The molecule has 0 aliphatic rings. The molecule has 0 radical (unpaired) electrons. The molecule has 0 bridgehead atoms. The van der Waals surface area contributed by atoms with E-state index in [2.05, 4.69) is 75.2 Å². The summed E-state index contributed by atoms with van der Waals surface area (Å²) in [5.74, 6) is 0.690. The Hall–Kier alpha value is -1.06. The lowest BCUT2D eigenvalue weighted by molar-refractivity contribution is 0.416. The van der Waals surface area contributed by atoms with Crippen LogP contribution in [-0.2, 0) is 6.54 Å². The molecule has 1 aromatic rings. The van der Waals surface area contributed by atoms with Crippen LogP contribution in [0.4, 0.5) is 5.69 Å². The Labute approximate surface area is 125 Å². The van der Waals surface area contributed by atoms with Crippen LogP contribution in [-0.4, -0.2) is 45.7 Å². The zero-order valence-corrected chi connectivity index (χ0v) is 14.0. The smallest absolute Gasteiger partial charge is 0.0409 e. The Kier molecular flexibility index (Phi) is 7.03. The van der Waals surface area contributed by atoms with Gasteiger partial charge in [-0.05, 0) is 45.1 Å². The van der Waals surface area contributed by atoms with E-state index in [0.717, 1.165) is 26.2 Å².